The molecule has 0 radical (unpaired) electrons. The van der Waals surface area contributed by atoms with E-state index in [2.05, 4.69) is 5.32 Å². The fourth-order valence-corrected chi connectivity index (χ4v) is 2.87. The number of anilines is 1. The fraction of sp³-hybridized carbons (Fsp3) is 0.529. The van der Waals surface area contributed by atoms with E-state index in [0.717, 1.165) is 0 Å². The van der Waals surface area contributed by atoms with E-state index in [0.29, 0.717) is 23.8 Å². The smallest absolute Gasteiger partial charge is 0.238 e. The number of hydrogen-bond donors (Lipinski definition) is 1. The highest BCUT2D eigenvalue weighted by Crippen LogP contribution is 2.13. The molecule has 0 spiro atoms. The van der Waals surface area contributed by atoms with Gasteiger partial charge in [0.2, 0.25) is 11.8 Å². The summed E-state index contributed by atoms with van der Waals surface area (Å²) >= 11 is 5.81. The van der Waals surface area contributed by atoms with Gasteiger partial charge in [0.05, 0.1) is 25.3 Å². The van der Waals surface area contributed by atoms with Crippen molar-refractivity contribution in [2.75, 3.05) is 38.5 Å². The lowest BCUT2D eigenvalue weighted by Crippen LogP contribution is -2.51. The Hall–Kier alpha value is -1.63. The summed E-state index contributed by atoms with van der Waals surface area (Å²) in [7, 11) is 1.76. The van der Waals surface area contributed by atoms with Gasteiger partial charge in [0.25, 0.3) is 0 Å². The van der Waals surface area contributed by atoms with Crippen LogP contribution in [-0.4, -0.2) is 67.0 Å². The van der Waals surface area contributed by atoms with Crippen LogP contribution in [0.3, 0.4) is 0 Å². The number of amides is 2. The van der Waals surface area contributed by atoms with Crippen LogP contribution in [0.1, 0.15) is 13.8 Å². The molecular formula is C17H24ClN3O3. The summed E-state index contributed by atoms with van der Waals surface area (Å²) in [5.74, 6) is -0.157. The number of nitrogens with zero attached hydrogens (tertiary/aromatic N) is 2. The van der Waals surface area contributed by atoms with Crippen LogP contribution >= 0.6 is 11.6 Å². The van der Waals surface area contributed by atoms with E-state index in [4.69, 9.17) is 16.3 Å². The molecule has 0 aliphatic carbocycles. The van der Waals surface area contributed by atoms with E-state index in [-0.39, 0.29) is 37.1 Å². The van der Waals surface area contributed by atoms with E-state index in [1.807, 2.05) is 13.8 Å². The molecule has 0 unspecified atom stereocenters. The van der Waals surface area contributed by atoms with E-state index in [1.165, 1.54) is 0 Å². The highest BCUT2D eigenvalue weighted by molar-refractivity contribution is 6.30. The molecule has 2 rings (SSSR count). The third-order valence-electron chi connectivity index (χ3n) is 3.72. The first-order chi connectivity index (χ1) is 11.3. The maximum absolute atomic E-state index is 12.4. The van der Waals surface area contributed by atoms with Gasteiger partial charge >= 0.3 is 0 Å². The minimum absolute atomic E-state index is 0.0128. The van der Waals surface area contributed by atoms with Crippen LogP contribution in [-0.2, 0) is 14.3 Å². The molecule has 1 aromatic carbocycles. The molecule has 1 N–H and O–H groups in total. The molecule has 7 heteroatoms. The molecule has 1 aliphatic rings. The summed E-state index contributed by atoms with van der Waals surface area (Å²) in [6.45, 7) is 5.44. The Kier molecular flexibility index (Phi) is 6.60. The summed E-state index contributed by atoms with van der Waals surface area (Å²) in [5.41, 5.74) is 0.681. The summed E-state index contributed by atoms with van der Waals surface area (Å²) in [4.78, 5) is 27.9. The Labute approximate surface area is 147 Å². The maximum Gasteiger partial charge on any atom is 0.238 e. The highest BCUT2D eigenvalue weighted by Gasteiger charge is 2.26. The van der Waals surface area contributed by atoms with Gasteiger partial charge in [-0.2, -0.15) is 0 Å². The lowest BCUT2D eigenvalue weighted by molar-refractivity contribution is -0.144. The van der Waals surface area contributed by atoms with E-state index in [9.17, 15) is 9.59 Å². The molecule has 1 fully saturated rings. The molecule has 0 aromatic heterocycles. The van der Waals surface area contributed by atoms with Gasteiger partial charge in [-0.05, 0) is 45.2 Å². The van der Waals surface area contributed by atoms with Crippen LogP contribution in [0.15, 0.2) is 24.3 Å². The largest absolute Gasteiger partial charge is 0.372 e. The summed E-state index contributed by atoms with van der Waals surface area (Å²) in [5, 5.41) is 3.40. The van der Waals surface area contributed by atoms with Crippen LogP contribution in [0.5, 0.6) is 0 Å². The predicted molar refractivity (Wildman–Crippen MR) is 94.2 cm³/mol. The predicted octanol–water partition coefficient (Wildman–Crippen LogP) is 1.85. The molecule has 132 valence electrons. The number of halogens is 1. The van der Waals surface area contributed by atoms with Crippen LogP contribution in [0.25, 0.3) is 0 Å². The van der Waals surface area contributed by atoms with E-state index >= 15 is 0 Å². The van der Waals surface area contributed by atoms with Crippen LogP contribution in [0.2, 0.25) is 5.02 Å². The normalized spacial score (nSPS) is 21.0. The second-order valence-corrected chi connectivity index (χ2v) is 6.72. The first-order valence-corrected chi connectivity index (χ1v) is 8.38. The van der Waals surface area contributed by atoms with E-state index < -0.39 is 0 Å². The molecule has 0 saturated carbocycles. The van der Waals surface area contributed by atoms with Crippen molar-refractivity contribution in [2.45, 2.75) is 26.1 Å². The average Bonchev–Trinajstić information content (AvgIpc) is 2.48. The van der Waals surface area contributed by atoms with Gasteiger partial charge in [-0.15, -0.1) is 0 Å². The zero-order valence-corrected chi connectivity index (χ0v) is 15.0. The molecule has 6 nitrogen and oxygen atoms in total. The number of likely N-dealkylation sites (N-methyl/N-ethyl adjacent to an activating group) is 1. The summed E-state index contributed by atoms with van der Waals surface area (Å²) in [6.07, 6.45) is 0.0763. The number of hydrogen-bond acceptors (Lipinski definition) is 4. The van der Waals surface area contributed by atoms with Gasteiger partial charge in [0.15, 0.2) is 0 Å². The number of carbonyl (C=O) groups excluding carboxylic acids is 2. The topological polar surface area (TPSA) is 61.9 Å². The number of morpholine rings is 1. The molecule has 2 atom stereocenters. The molecule has 2 amide bonds. The first-order valence-electron chi connectivity index (χ1n) is 8.00. The van der Waals surface area contributed by atoms with Gasteiger partial charge in [0, 0.05) is 23.8 Å². The molecule has 1 aliphatic heterocycles. The Bertz CT molecular complexity index is 569. The SMILES string of the molecule is C[C@H]1CN(C(=O)CN(C)CC(=O)Nc2ccc(Cl)cc2)C[C@H](C)O1. The van der Waals surface area contributed by atoms with Crippen molar-refractivity contribution >= 4 is 29.1 Å². The van der Waals surface area contributed by atoms with Crippen molar-refractivity contribution in [3.05, 3.63) is 29.3 Å². The number of benzene rings is 1. The van der Waals surface area contributed by atoms with Gasteiger partial charge in [-0.3, -0.25) is 14.5 Å². The first kappa shape index (κ1) is 18.7. The molecule has 24 heavy (non-hydrogen) atoms. The average molecular weight is 354 g/mol. The van der Waals surface area contributed by atoms with Crippen molar-refractivity contribution in [1.82, 2.24) is 9.80 Å². The fourth-order valence-electron chi connectivity index (χ4n) is 2.75. The standard InChI is InChI=1S/C17H24ClN3O3/c1-12-8-21(9-13(2)24-12)17(23)11-20(3)10-16(22)19-15-6-4-14(18)5-7-15/h4-7,12-13H,8-11H2,1-3H3,(H,19,22)/t12-,13-/m0/s1. The minimum Gasteiger partial charge on any atom is -0.372 e. The van der Waals surface area contributed by atoms with Crippen LogP contribution in [0.4, 0.5) is 5.69 Å². The Morgan fingerprint density at radius 1 is 1.21 bits per heavy atom. The number of ether oxygens (including phenoxy) is 1. The Morgan fingerprint density at radius 2 is 1.79 bits per heavy atom. The molecule has 0 bridgehead atoms. The lowest BCUT2D eigenvalue weighted by Gasteiger charge is -2.36. The summed E-state index contributed by atoms with van der Waals surface area (Å²) in [6, 6.07) is 6.90. The molecule has 1 aromatic rings. The Morgan fingerprint density at radius 3 is 2.38 bits per heavy atom. The third-order valence-corrected chi connectivity index (χ3v) is 3.97. The Balaban J connectivity index is 1.79. The zero-order chi connectivity index (χ0) is 17.7. The highest BCUT2D eigenvalue weighted by atomic mass is 35.5. The minimum atomic E-state index is -0.170. The molecule has 1 saturated heterocycles. The van der Waals surface area contributed by atoms with Gasteiger partial charge in [0.1, 0.15) is 0 Å². The van der Waals surface area contributed by atoms with Crippen molar-refractivity contribution < 1.29 is 14.3 Å². The lowest BCUT2D eigenvalue weighted by atomic mass is 10.2. The monoisotopic (exact) mass is 353 g/mol. The summed E-state index contributed by atoms with van der Waals surface area (Å²) < 4.78 is 5.63. The quantitative estimate of drug-likeness (QED) is 0.877. The number of carbonyl (C=O) groups is 2. The van der Waals surface area contributed by atoms with Gasteiger partial charge < -0.3 is 15.0 Å². The van der Waals surface area contributed by atoms with Crippen LogP contribution < -0.4 is 5.32 Å². The second-order valence-electron chi connectivity index (χ2n) is 6.28. The van der Waals surface area contributed by atoms with Gasteiger partial charge in [-0.1, -0.05) is 11.6 Å². The van der Waals surface area contributed by atoms with Crippen molar-refractivity contribution in [1.29, 1.82) is 0 Å². The van der Waals surface area contributed by atoms with Crippen LogP contribution in [0, 0.1) is 0 Å². The van der Waals surface area contributed by atoms with Gasteiger partial charge in [-0.25, -0.2) is 0 Å². The maximum atomic E-state index is 12.4. The van der Waals surface area contributed by atoms with Crippen molar-refractivity contribution in [3.8, 4) is 0 Å². The number of nitrogens with one attached hydrogen (secondary N) is 1. The van der Waals surface area contributed by atoms with Crippen molar-refractivity contribution in [3.63, 3.8) is 0 Å². The second kappa shape index (κ2) is 8.46. The molecular weight excluding hydrogens is 330 g/mol. The third kappa shape index (κ3) is 5.78. The van der Waals surface area contributed by atoms with E-state index in [1.54, 1.807) is 41.1 Å². The van der Waals surface area contributed by atoms with Crippen molar-refractivity contribution in [2.24, 2.45) is 0 Å². The zero-order valence-electron chi connectivity index (χ0n) is 14.3. The number of rotatable bonds is 5. The molecule has 1 heterocycles.